The Morgan fingerprint density at radius 3 is 2.24 bits per heavy atom. The molecule has 17 heavy (non-hydrogen) atoms. The van der Waals surface area contributed by atoms with E-state index in [4.69, 9.17) is 23.2 Å². The zero-order chi connectivity index (χ0) is 12.0. The number of carbonyl (C=O) groups excluding carboxylic acids is 1. The summed E-state index contributed by atoms with van der Waals surface area (Å²) in [4.78, 5) is 14.1. The van der Waals surface area contributed by atoms with Gasteiger partial charge in [0.05, 0.1) is 0 Å². The summed E-state index contributed by atoms with van der Waals surface area (Å²) >= 11 is 11.8. The average molecular weight is 271 g/mol. The van der Waals surface area contributed by atoms with Crippen LogP contribution in [0.3, 0.4) is 0 Å². The standard InChI is InChI=1S/C12H12Cl2N2O/c13-8-1-7(2-9(14)3-8)12(17)16-5-10-4-11(6-16)15-10/h1-3,10-11,15H,4-6H2. The number of amides is 1. The molecule has 2 bridgehead atoms. The normalized spacial score (nSPS) is 26.6. The number of benzene rings is 1. The SMILES string of the molecule is O=C(c1cc(Cl)cc(Cl)c1)N1CC2CC(C1)N2. The van der Waals surface area contributed by atoms with Gasteiger partial charge in [-0.05, 0) is 24.6 Å². The molecule has 1 amide bonds. The number of piperidine rings is 1. The van der Waals surface area contributed by atoms with E-state index in [1.165, 1.54) is 6.42 Å². The number of nitrogens with one attached hydrogen (secondary N) is 1. The molecule has 3 heterocycles. The maximum atomic E-state index is 12.3. The van der Waals surface area contributed by atoms with Crippen molar-refractivity contribution in [3.05, 3.63) is 33.8 Å². The molecule has 3 nitrogen and oxygen atoms in total. The van der Waals surface area contributed by atoms with Crippen LogP contribution in [-0.4, -0.2) is 36.0 Å². The van der Waals surface area contributed by atoms with Crippen LogP contribution in [-0.2, 0) is 0 Å². The van der Waals surface area contributed by atoms with Crippen LogP contribution < -0.4 is 5.32 Å². The molecule has 4 rings (SSSR count). The number of piperazine rings is 1. The van der Waals surface area contributed by atoms with Crippen LogP contribution in [0.15, 0.2) is 18.2 Å². The zero-order valence-corrected chi connectivity index (χ0v) is 10.6. The smallest absolute Gasteiger partial charge is 0.254 e. The second-order valence-corrected chi connectivity index (χ2v) is 5.54. The predicted octanol–water partition coefficient (Wildman–Crippen LogP) is 2.18. The van der Waals surface area contributed by atoms with Crippen LogP contribution in [0.5, 0.6) is 0 Å². The van der Waals surface area contributed by atoms with E-state index < -0.39 is 0 Å². The third-order valence-electron chi connectivity index (χ3n) is 3.32. The van der Waals surface area contributed by atoms with Crippen LogP contribution in [0.2, 0.25) is 10.0 Å². The quantitative estimate of drug-likeness (QED) is 0.849. The van der Waals surface area contributed by atoms with Crippen LogP contribution in [0.25, 0.3) is 0 Å². The molecule has 2 atom stereocenters. The summed E-state index contributed by atoms with van der Waals surface area (Å²) < 4.78 is 0. The molecule has 1 aromatic rings. The van der Waals surface area contributed by atoms with Crippen LogP contribution in [0.4, 0.5) is 0 Å². The first-order valence-corrected chi connectivity index (χ1v) is 6.39. The van der Waals surface area contributed by atoms with Crippen molar-refractivity contribution in [1.29, 1.82) is 0 Å². The van der Waals surface area contributed by atoms with Crippen LogP contribution in [0, 0.1) is 0 Å². The zero-order valence-electron chi connectivity index (χ0n) is 9.12. The number of fused-ring (bicyclic) bond motifs is 2. The van der Waals surface area contributed by atoms with Gasteiger partial charge in [-0.15, -0.1) is 0 Å². The maximum Gasteiger partial charge on any atom is 0.254 e. The molecule has 90 valence electrons. The van der Waals surface area contributed by atoms with Gasteiger partial charge in [0.1, 0.15) is 0 Å². The van der Waals surface area contributed by atoms with Crippen molar-refractivity contribution in [1.82, 2.24) is 10.2 Å². The topological polar surface area (TPSA) is 32.3 Å². The summed E-state index contributed by atoms with van der Waals surface area (Å²) in [6.07, 6.45) is 1.18. The van der Waals surface area contributed by atoms with Crippen LogP contribution >= 0.6 is 23.2 Å². The van der Waals surface area contributed by atoms with E-state index in [2.05, 4.69) is 5.32 Å². The summed E-state index contributed by atoms with van der Waals surface area (Å²) in [7, 11) is 0. The van der Waals surface area contributed by atoms with E-state index in [0.29, 0.717) is 27.7 Å². The highest BCUT2D eigenvalue weighted by Crippen LogP contribution is 2.24. The van der Waals surface area contributed by atoms with Gasteiger partial charge in [0, 0.05) is 40.8 Å². The van der Waals surface area contributed by atoms with E-state index >= 15 is 0 Å². The molecule has 3 aliphatic rings. The Labute approximate surface area is 110 Å². The number of hydrogen-bond donors (Lipinski definition) is 1. The average Bonchev–Trinajstić information content (AvgIpc) is 2.26. The van der Waals surface area contributed by atoms with Gasteiger partial charge in [-0.25, -0.2) is 0 Å². The molecule has 0 aromatic heterocycles. The first-order chi connectivity index (χ1) is 8.11. The number of nitrogens with zero attached hydrogens (tertiary/aromatic N) is 1. The van der Waals surface area contributed by atoms with E-state index in [1.54, 1.807) is 18.2 Å². The Morgan fingerprint density at radius 1 is 1.18 bits per heavy atom. The Hall–Kier alpha value is -0.770. The molecule has 2 unspecified atom stereocenters. The fourth-order valence-corrected chi connectivity index (χ4v) is 3.07. The molecule has 1 N–H and O–H groups in total. The van der Waals surface area contributed by atoms with E-state index in [9.17, 15) is 4.79 Å². The molecule has 1 aromatic carbocycles. The van der Waals surface area contributed by atoms with Crippen LogP contribution in [0.1, 0.15) is 16.8 Å². The minimum atomic E-state index is 0.0191. The fourth-order valence-electron chi connectivity index (χ4n) is 2.54. The van der Waals surface area contributed by atoms with E-state index in [1.807, 2.05) is 4.90 Å². The molecule has 0 aliphatic carbocycles. The van der Waals surface area contributed by atoms with Crippen molar-refractivity contribution in [3.8, 4) is 0 Å². The van der Waals surface area contributed by atoms with Gasteiger partial charge < -0.3 is 10.2 Å². The van der Waals surface area contributed by atoms with Gasteiger partial charge in [-0.3, -0.25) is 4.79 Å². The lowest BCUT2D eigenvalue weighted by Gasteiger charge is -2.48. The van der Waals surface area contributed by atoms with Gasteiger partial charge in [-0.1, -0.05) is 23.2 Å². The van der Waals surface area contributed by atoms with Gasteiger partial charge >= 0.3 is 0 Å². The molecule has 0 spiro atoms. The highest BCUT2D eigenvalue weighted by molar-refractivity contribution is 6.35. The van der Waals surface area contributed by atoms with E-state index in [0.717, 1.165) is 13.1 Å². The first kappa shape index (κ1) is 11.3. The molecule has 3 aliphatic heterocycles. The van der Waals surface area contributed by atoms with Crippen molar-refractivity contribution in [2.24, 2.45) is 0 Å². The summed E-state index contributed by atoms with van der Waals surface area (Å²) in [6.45, 7) is 1.55. The van der Waals surface area contributed by atoms with E-state index in [-0.39, 0.29) is 5.91 Å². The second-order valence-electron chi connectivity index (χ2n) is 4.66. The monoisotopic (exact) mass is 270 g/mol. The summed E-state index contributed by atoms with van der Waals surface area (Å²) in [5.41, 5.74) is 0.573. The molecule has 3 saturated heterocycles. The van der Waals surface area contributed by atoms with Gasteiger partial charge in [0.15, 0.2) is 0 Å². The van der Waals surface area contributed by atoms with Crippen molar-refractivity contribution in [2.45, 2.75) is 18.5 Å². The minimum Gasteiger partial charge on any atom is -0.336 e. The van der Waals surface area contributed by atoms with Crippen molar-refractivity contribution in [2.75, 3.05) is 13.1 Å². The predicted molar refractivity (Wildman–Crippen MR) is 67.7 cm³/mol. The van der Waals surface area contributed by atoms with Crippen molar-refractivity contribution >= 4 is 29.1 Å². The largest absolute Gasteiger partial charge is 0.336 e. The summed E-state index contributed by atoms with van der Waals surface area (Å²) in [5, 5.41) is 4.39. The van der Waals surface area contributed by atoms with Crippen molar-refractivity contribution < 1.29 is 4.79 Å². The minimum absolute atomic E-state index is 0.0191. The summed E-state index contributed by atoms with van der Waals surface area (Å²) in [6, 6.07) is 5.90. The van der Waals surface area contributed by atoms with Crippen molar-refractivity contribution in [3.63, 3.8) is 0 Å². The summed E-state index contributed by atoms with van der Waals surface area (Å²) in [5.74, 6) is 0.0191. The first-order valence-electron chi connectivity index (χ1n) is 5.63. The molecule has 5 heteroatoms. The van der Waals surface area contributed by atoms with Gasteiger partial charge in [0.2, 0.25) is 0 Å². The maximum absolute atomic E-state index is 12.3. The lowest BCUT2D eigenvalue weighted by atomic mass is 9.91. The third kappa shape index (κ3) is 2.15. The second kappa shape index (κ2) is 4.16. The molecular formula is C12H12Cl2N2O. The third-order valence-corrected chi connectivity index (χ3v) is 3.76. The Balaban J connectivity index is 1.81. The Bertz CT molecular complexity index is 441. The molecular weight excluding hydrogens is 259 g/mol. The number of hydrogen-bond acceptors (Lipinski definition) is 2. The Kier molecular flexibility index (Phi) is 2.77. The highest BCUT2D eigenvalue weighted by Gasteiger charge is 2.38. The Morgan fingerprint density at radius 2 is 1.71 bits per heavy atom. The van der Waals surface area contributed by atoms with Gasteiger partial charge in [-0.2, -0.15) is 0 Å². The van der Waals surface area contributed by atoms with Gasteiger partial charge in [0.25, 0.3) is 5.91 Å². The lowest BCUT2D eigenvalue weighted by molar-refractivity contribution is 0.0474. The highest BCUT2D eigenvalue weighted by atomic mass is 35.5. The molecule has 3 fully saturated rings. The molecule has 0 radical (unpaired) electrons. The molecule has 0 saturated carbocycles. The lowest BCUT2D eigenvalue weighted by Crippen LogP contribution is -2.67. The number of carbonyl (C=O) groups is 1. The number of halogens is 2. The number of rotatable bonds is 1. The fraction of sp³-hybridized carbons (Fsp3) is 0.417.